The second-order valence-electron chi connectivity index (χ2n) is 5.32. The van der Waals surface area contributed by atoms with Crippen LogP contribution in [0.15, 0.2) is 0 Å². The van der Waals surface area contributed by atoms with Gasteiger partial charge in [0.25, 0.3) is 0 Å². The molecule has 3 nitrogen and oxygen atoms in total. The van der Waals surface area contributed by atoms with E-state index in [1.165, 1.54) is 36.2 Å². The first-order valence-electron chi connectivity index (χ1n) is 6.90. The maximum Gasteiger partial charge on any atom is 0.0644 e. The van der Waals surface area contributed by atoms with E-state index >= 15 is 0 Å². The summed E-state index contributed by atoms with van der Waals surface area (Å²) in [5.41, 5.74) is 3.92. The minimum Gasteiger partial charge on any atom is -0.310 e. The van der Waals surface area contributed by atoms with Gasteiger partial charge in [0.1, 0.15) is 0 Å². The lowest BCUT2D eigenvalue weighted by Gasteiger charge is -2.13. The van der Waals surface area contributed by atoms with Crippen LogP contribution in [0.25, 0.3) is 0 Å². The minimum atomic E-state index is 0.412. The van der Waals surface area contributed by atoms with Crippen molar-refractivity contribution in [1.29, 1.82) is 0 Å². The summed E-state index contributed by atoms with van der Waals surface area (Å²) in [6.07, 6.45) is 4.16. The molecule has 1 aliphatic rings. The highest BCUT2D eigenvalue weighted by Crippen LogP contribution is 2.33. The molecule has 0 aliphatic heterocycles. The number of nitrogens with zero attached hydrogens (tertiary/aromatic N) is 2. The monoisotopic (exact) mass is 235 g/mol. The Bertz CT molecular complexity index is 377. The van der Waals surface area contributed by atoms with Crippen LogP contribution in [0, 0.1) is 19.8 Å². The Morgan fingerprint density at radius 2 is 2.12 bits per heavy atom. The van der Waals surface area contributed by atoms with Gasteiger partial charge >= 0.3 is 0 Å². The van der Waals surface area contributed by atoms with Crippen LogP contribution in [-0.4, -0.2) is 16.3 Å². The molecule has 1 aromatic heterocycles. The summed E-state index contributed by atoms with van der Waals surface area (Å²) in [6.45, 7) is 10.8. The van der Waals surface area contributed by atoms with Crippen molar-refractivity contribution in [1.82, 2.24) is 15.1 Å². The van der Waals surface area contributed by atoms with Crippen LogP contribution >= 0.6 is 0 Å². The lowest BCUT2D eigenvalue weighted by Crippen LogP contribution is -2.19. The first kappa shape index (κ1) is 12.6. The molecule has 1 saturated carbocycles. The number of rotatable bonds is 6. The maximum atomic E-state index is 4.69. The van der Waals surface area contributed by atoms with Crippen molar-refractivity contribution < 1.29 is 0 Å². The number of aryl methyl sites for hydroxylation is 2. The summed E-state index contributed by atoms with van der Waals surface area (Å²) in [4.78, 5) is 0. The van der Waals surface area contributed by atoms with E-state index in [1.54, 1.807) is 0 Å². The number of hydrogen-bond acceptors (Lipinski definition) is 2. The molecule has 2 rings (SSSR count). The molecule has 1 unspecified atom stereocenters. The summed E-state index contributed by atoms with van der Waals surface area (Å²) >= 11 is 0. The maximum absolute atomic E-state index is 4.69. The van der Waals surface area contributed by atoms with Gasteiger partial charge in [-0.15, -0.1) is 0 Å². The molecule has 1 heterocycles. The molecular formula is C14H25N3. The topological polar surface area (TPSA) is 29.9 Å². The second-order valence-corrected chi connectivity index (χ2v) is 5.32. The van der Waals surface area contributed by atoms with Crippen LogP contribution in [0.2, 0.25) is 0 Å². The summed E-state index contributed by atoms with van der Waals surface area (Å²) in [6, 6.07) is 0.412. The molecule has 96 valence electrons. The third kappa shape index (κ3) is 2.89. The summed E-state index contributed by atoms with van der Waals surface area (Å²) in [7, 11) is 0. The van der Waals surface area contributed by atoms with Gasteiger partial charge in [-0.25, -0.2) is 0 Å². The molecule has 1 fully saturated rings. The molecular weight excluding hydrogens is 210 g/mol. The zero-order valence-electron chi connectivity index (χ0n) is 11.6. The molecule has 3 heteroatoms. The predicted molar refractivity (Wildman–Crippen MR) is 71.1 cm³/mol. The Hall–Kier alpha value is -0.830. The number of aromatic nitrogens is 2. The van der Waals surface area contributed by atoms with E-state index in [2.05, 4.69) is 42.8 Å². The van der Waals surface area contributed by atoms with Crippen LogP contribution in [0.5, 0.6) is 0 Å². The predicted octanol–water partition coefficient (Wildman–Crippen LogP) is 2.97. The lowest BCUT2D eigenvalue weighted by molar-refractivity contribution is 0.530. The highest BCUT2D eigenvalue weighted by atomic mass is 15.3. The largest absolute Gasteiger partial charge is 0.310 e. The van der Waals surface area contributed by atoms with Gasteiger partial charge in [-0.05, 0) is 39.7 Å². The van der Waals surface area contributed by atoms with Gasteiger partial charge in [0.2, 0.25) is 0 Å². The van der Waals surface area contributed by atoms with Crippen molar-refractivity contribution >= 4 is 0 Å². The fourth-order valence-electron chi connectivity index (χ4n) is 2.67. The SMILES string of the molecule is CCNC(C)c1c(C)nn(CCC2CC2)c1C. The molecule has 1 aliphatic carbocycles. The summed E-state index contributed by atoms with van der Waals surface area (Å²) in [5.74, 6) is 0.980. The Balaban J connectivity index is 2.09. The Kier molecular flexibility index (Phi) is 3.87. The van der Waals surface area contributed by atoms with E-state index in [9.17, 15) is 0 Å². The molecule has 0 spiro atoms. The zero-order valence-corrected chi connectivity index (χ0v) is 11.6. The van der Waals surface area contributed by atoms with Crippen LogP contribution in [-0.2, 0) is 6.54 Å². The molecule has 1 aromatic rings. The third-order valence-corrected chi connectivity index (χ3v) is 3.83. The smallest absolute Gasteiger partial charge is 0.0644 e. The van der Waals surface area contributed by atoms with Gasteiger partial charge in [-0.3, -0.25) is 4.68 Å². The minimum absolute atomic E-state index is 0.412. The van der Waals surface area contributed by atoms with E-state index in [4.69, 9.17) is 0 Å². The quantitative estimate of drug-likeness (QED) is 0.821. The summed E-state index contributed by atoms with van der Waals surface area (Å²) in [5, 5.41) is 8.17. The van der Waals surface area contributed by atoms with Crippen molar-refractivity contribution in [2.75, 3.05) is 6.54 Å². The Labute approximate surface area is 105 Å². The van der Waals surface area contributed by atoms with Crippen LogP contribution in [0.3, 0.4) is 0 Å². The molecule has 0 saturated heterocycles. The van der Waals surface area contributed by atoms with E-state index in [-0.39, 0.29) is 0 Å². The second kappa shape index (κ2) is 5.21. The van der Waals surface area contributed by atoms with Crippen molar-refractivity contribution in [3.05, 3.63) is 17.0 Å². The first-order chi connectivity index (χ1) is 8.13. The zero-order chi connectivity index (χ0) is 12.4. The van der Waals surface area contributed by atoms with Crippen molar-refractivity contribution in [2.45, 2.75) is 59.5 Å². The van der Waals surface area contributed by atoms with E-state index in [1.807, 2.05) is 0 Å². The Morgan fingerprint density at radius 3 is 2.71 bits per heavy atom. The highest BCUT2D eigenvalue weighted by Gasteiger charge is 2.22. The van der Waals surface area contributed by atoms with Gasteiger partial charge in [0.05, 0.1) is 5.69 Å². The number of hydrogen-bond donors (Lipinski definition) is 1. The fraction of sp³-hybridized carbons (Fsp3) is 0.786. The summed E-state index contributed by atoms with van der Waals surface area (Å²) < 4.78 is 2.21. The Morgan fingerprint density at radius 1 is 1.41 bits per heavy atom. The molecule has 0 bridgehead atoms. The fourth-order valence-corrected chi connectivity index (χ4v) is 2.67. The third-order valence-electron chi connectivity index (χ3n) is 3.83. The van der Waals surface area contributed by atoms with Crippen LogP contribution in [0.1, 0.15) is 56.1 Å². The van der Waals surface area contributed by atoms with Gasteiger partial charge in [0.15, 0.2) is 0 Å². The lowest BCUT2D eigenvalue weighted by atomic mass is 10.1. The molecule has 0 amide bonds. The average molecular weight is 235 g/mol. The first-order valence-corrected chi connectivity index (χ1v) is 6.90. The van der Waals surface area contributed by atoms with Gasteiger partial charge < -0.3 is 5.32 Å². The van der Waals surface area contributed by atoms with E-state index in [0.29, 0.717) is 6.04 Å². The van der Waals surface area contributed by atoms with E-state index in [0.717, 1.165) is 19.0 Å². The van der Waals surface area contributed by atoms with Crippen LogP contribution < -0.4 is 5.32 Å². The van der Waals surface area contributed by atoms with Crippen molar-refractivity contribution in [3.63, 3.8) is 0 Å². The standard InChI is InChI=1S/C14H25N3/c1-5-15-10(2)14-11(3)16-17(12(14)4)9-8-13-6-7-13/h10,13,15H,5-9H2,1-4H3. The average Bonchev–Trinajstić information content (AvgIpc) is 3.04. The van der Waals surface area contributed by atoms with Gasteiger partial charge in [-0.1, -0.05) is 19.8 Å². The molecule has 0 aromatic carbocycles. The van der Waals surface area contributed by atoms with Crippen molar-refractivity contribution in [3.8, 4) is 0 Å². The number of nitrogens with one attached hydrogen (secondary N) is 1. The van der Waals surface area contributed by atoms with Crippen LogP contribution in [0.4, 0.5) is 0 Å². The molecule has 0 radical (unpaired) electrons. The van der Waals surface area contributed by atoms with Gasteiger partial charge in [-0.2, -0.15) is 5.10 Å². The molecule has 1 N–H and O–H groups in total. The molecule has 17 heavy (non-hydrogen) atoms. The van der Waals surface area contributed by atoms with Gasteiger partial charge in [0, 0.05) is 23.8 Å². The highest BCUT2D eigenvalue weighted by molar-refractivity contribution is 5.27. The van der Waals surface area contributed by atoms with Crippen molar-refractivity contribution in [2.24, 2.45) is 5.92 Å². The normalized spacial score (nSPS) is 17.4. The van der Waals surface area contributed by atoms with E-state index < -0.39 is 0 Å². The molecule has 1 atom stereocenters.